The van der Waals surface area contributed by atoms with Crippen LogP contribution in [0.3, 0.4) is 0 Å². The van der Waals surface area contributed by atoms with Crippen LogP contribution in [0.15, 0.2) is 0 Å². The molecule has 1 saturated heterocycles. The molecule has 2 atom stereocenters. The summed E-state index contributed by atoms with van der Waals surface area (Å²) in [4.78, 5) is 3.93. The van der Waals surface area contributed by atoms with Crippen LogP contribution in [-0.2, 0) is 0 Å². The Balaban J connectivity index is 2.51. The molecule has 1 rings (SSSR count). The molecule has 1 heterocycles. The summed E-state index contributed by atoms with van der Waals surface area (Å²) in [6.07, 6.45) is 1.39. The number of hydrogen-bond donors (Lipinski definition) is 2. The summed E-state index contributed by atoms with van der Waals surface area (Å²) < 4.78 is 0. The van der Waals surface area contributed by atoms with Gasteiger partial charge in [0.15, 0.2) is 0 Å². The number of aliphatic hydroxyl groups is 1. The van der Waals surface area contributed by atoms with Crippen molar-refractivity contribution in [2.45, 2.75) is 25.2 Å². The largest absolute Gasteiger partial charge is 0.378 e. The minimum absolute atomic E-state index is 0.0922. The number of rotatable bonds is 0. The first kappa shape index (κ1) is 8.93. The summed E-state index contributed by atoms with van der Waals surface area (Å²) in [7, 11) is 3.87. The summed E-state index contributed by atoms with van der Waals surface area (Å²) in [5.74, 6) is 0. The van der Waals surface area contributed by atoms with Crippen LogP contribution < -0.4 is 5.73 Å². The molecule has 1 fully saturated rings. The molecule has 2 unspecified atom stereocenters. The van der Waals surface area contributed by atoms with Crippen molar-refractivity contribution in [3.63, 3.8) is 0 Å². The molecular weight excluding hydrogens is 142 g/mol. The van der Waals surface area contributed by atoms with E-state index in [1.54, 1.807) is 0 Å². The molecule has 1 aliphatic rings. The van der Waals surface area contributed by atoms with Gasteiger partial charge in [-0.3, -0.25) is 9.80 Å². The number of nitrogens with two attached hydrogens (primary N) is 1. The molecular formula is C7H17N3O. The Labute approximate surface area is 67.6 Å². The molecule has 3 N–H and O–H groups in total. The average Bonchev–Trinajstić information content (AvgIpc) is 2.05. The minimum Gasteiger partial charge on any atom is -0.378 e. The maximum Gasteiger partial charge on any atom is 0.108 e. The first-order valence-corrected chi connectivity index (χ1v) is 3.95. The van der Waals surface area contributed by atoms with Gasteiger partial charge in [0.1, 0.15) is 6.23 Å². The van der Waals surface area contributed by atoms with E-state index in [1.165, 1.54) is 0 Å². The highest BCUT2D eigenvalue weighted by molar-refractivity contribution is 4.69. The fourth-order valence-corrected chi connectivity index (χ4v) is 1.31. The molecule has 4 nitrogen and oxygen atoms in total. The molecule has 0 bridgehead atoms. The molecule has 0 aromatic rings. The van der Waals surface area contributed by atoms with Gasteiger partial charge in [0.05, 0.1) is 12.8 Å². The topological polar surface area (TPSA) is 52.7 Å². The molecule has 0 amide bonds. The van der Waals surface area contributed by atoms with Gasteiger partial charge in [0, 0.05) is 0 Å². The Bertz CT molecular complexity index is 117. The highest BCUT2D eigenvalue weighted by Gasteiger charge is 2.21. The maximum absolute atomic E-state index is 9.44. The summed E-state index contributed by atoms with van der Waals surface area (Å²) in [6.45, 7) is 0.738. The van der Waals surface area contributed by atoms with Crippen LogP contribution in [0.25, 0.3) is 0 Å². The molecule has 0 radical (unpaired) electrons. The van der Waals surface area contributed by atoms with Crippen molar-refractivity contribution in [2.75, 3.05) is 20.8 Å². The van der Waals surface area contributed by atoms with E-state index in [-0.39, 0.29) is 12.4 Å². The van der Waals surface area contributed by atoms with E-state index in [9.17, 15) is 5.11 Å². The van der Waals surface area contributed by atoms with Gasteiger partial charge < -0.3 is 10.8 Å². The van der Waals surface area contributed by atoms with Gasteiger partial charge in [-0.1, -0.05) is 0 Å². The van der Waals surface area contributed by atoms with Crippen LogP contribution in [0.5, 0.6) is 0 Å². The van der Waals surface area contributed by atoms with Crippen molar-refractivity contribution < 1.29 is 5.11 Å². The molecule has 4 heteroatoms. The molecule has 11 heavy (non-hydrogen) atoms. The van der Waals surface area contributed by atoms with E-state index in [4.69, 9.17) is 5.73 Å². The molecule has 0 aromatic heterocycles. The first-order chi connectivity index (χ1) is 5.11. The van der Waals surface area contributed by atoms with Crippen LogP contribution >= 0.6 is 0 Å². The third-order valence-corrected chi connectivity index (χ3v) is 2.24. The quantitative estimate of drug-likeness (QED) is 0.486. The fraction of sp³-hybridized carbons (Fsp3) is 1.00. The van der Waals surface area contributed by atoms with Gasteiger partial charge in [0.2, 0.25) is 0 Å². The zero-order valence-electron chi connectivity index (χ0n) is 7.20. The van der Waals surface area contributed by atoms with E-state index >= 15 is 0 Å². The van der Waals surface area contributed by atoms with E-state index in [1.807, 2.05) is 23.9 Å². The van der Waals surface area contributed by atoms with Gasteiger partial charge in [-0.2, -0.15) is 0 Å². The van der Waals surface area contributed by atoms with E-state index in [2.05, 4.69) is 0 Å². The predicted octanol–water partition coefficient (Wildman–Crippen LogP) is -0.795. The van der Waals surface area contributed by atoms with Gasteiger partial charge in [-0.25, -0.2) is 0 Å². The van der Waals surface area contributed by atoms with Crippen molar-refractivity contribution in [3.8, 4) is 0 Å². The average molecular weight is 159 g/mol. The van der Waals surface area contributed by atoms with Crippen molar-refractivity contribution in [3.05, 3.63) is 0 Å². The molecule has 0 saturated carbocycles. The van der Waals surface area contributed by atoms with Crippen LogP contribution in [0.2, 0.25) is 0 Å². The summed E-state index contributed by atoms with van der Waals surface area (Å²) in [5, 5.41) is 9.44. The van der Waals surface area contributed by atoms with Gasteiger partial charge in [-0.05, 0) is 26.9 Å². The zero-order chi connectivity index (χ0) is 8.43. The highest BCUT2D eigenvalue weighted by atomic mass is 16.3. The predicted molar refractivity (Wildman–Crippen MR) is 43.6 cm³/mol. The van der Waals surface area contributed by atoms with E-state index in [0.717, 1.165) is 19.5 Å². The Hall–Kier alpha value is -0.160. The number of nitrogens with zero attached hydrogens (tertiary/aromatic N) is 2. The SMILES string of the molecule is CN1CN(C)C(O)CCC1N. The lowest BCUT2D eigenvalue weighted by atomic mass is 10.2. The van der Waals surface area contributed by atoms with Crippen molar-refractivity contribution in [1.82, 2.24) is 9.80 Å². The molecule has 1 aliphatic heterocycles. The van der Waals surface area contributed by atoms with Gasteiger partial charge in [-0.15, -0.1) is 0 Å². The summed E-state index contributed by atoms with van der Waals surface area (Å²) >= 11 is 0. The lowest BCUT2D eigenvalue weighted by molar-refractivity contribution is 0.00357. The van der Waals surface area contributed by atoms with Gasteiger partial charge >= 0.3 is 0 Å². The van der Waals surface area contributed by atoms with Crippen LogP contribution in [0.1, 0.15) is 12.8 Å². The second-order valence-electron chi connectivity index (χ2n) is 3.28. The standard InChI is InChI=1S/C7H17N3O/c1-9-5-10(2)7(11)4-3-6(9)8/h6-7,11H,3-5,8H2,1-2H3. The molecule has 0 aliphatic carbocycles. The number of aliphatic hydroxyl groups excluding tert-OH is 1. The third kappa shape index (κ3) is 2.13. The van der Waals surface area contributed by atoms with E-state index in [0.29, 0.717) is 0 Å². The summed E-state index contributed by atoms with van der Waals surface area (Å²) in [6, 6.07) is 0. The normalized spacial score (nSPS) is 37.1. The lowest BCUT2D eigenvalue weighted by Crippen LogP contribution is -2.43. The lowest BCUT2D eigenvalue weighted by Gasteiger charge is -2.25. The monoisotopic (exact) mass is 159 g/mol. The summed E-state index contributed by atoms with van der Waals surface area (Å²) in [5.41, 5.74) is 5.79. The minimum atomic E-state index is -0.328. The Morgan fingerprint density at radius 3 is 2.55 bits per heavy atom. The molecule has 0 aromatic carbocycles. The highest BCUT2D eigenvalue weighted by Crippen LogP contribution is 2.11. The first-order valence-electron chi connectivity index (χ1n) is 3.95. The second-order valence-corrected chi connectivity index (χ2v) is 3.28. The Kier molecular flexibility index (Phi) is 2.84. The third-order valence-electron chi connectivity index (χ3n) is 2.24. The van der Waals surface area contributed by atoms with Crippen LogP contribution in [0, 0.1) is 0 Å². The maximum atomic E-state index is 9.44. The molecule has 0 spiro atoms. The fourth-order valence-electron chi connectivity index (χ4n) is 1.31. The van der Waals surface area contributed by atoms with Crippen molar-refractivity contribution in [1.29, 1.82) is 0 Å². The van der Waals surface area contributed by atoms with Crippen molar-refractivity contribution >= 4 is 0 Å². The molecule has 66 valence electrons. The van der Waals surface area contributed by atoms with Crippen LogP contribution in [0.4, 0.5) is 0 Å². The van der Waals surface area contributed by atoms with Crippen LogP contribution in [-0.4, -0.2) is 48.1 Å². The van der Waals surface area contributed by atoms with Gasteiger partial charge in [0.25, 0.3) is 0 Å². The Morgan fingerprint density at radius 2 is 1.91 bits per heavy atom. The smallest absolute Gasteiger partial charge is 0.108 e. The second kappa shape index (κ2) is 3.49. The zero-order valence-corrected chi connectivity index (χ0v) is 7.20. The Morgan fingerprint density at radius 1 is 1.27 bits per heavy atom. The number of hydrogen-bond acceptors (Lipinski definition) is 4. The van der Waals surface area contributed by atoms with Crippen molar-refractivity contribution in [2.24, 2.45) is 5.73 Å². The van der Waals surface area contributed by atoms with E-state index < -0.39 is 0 Å².